The quantitative estimate of drug-likeness (QED) is 0.676. The Kier molecular flexibility index (Phi) is 5.01. The Morgan fingerprint density at radius 1 is 1.21 bits per heavy atom. The van der Waals surface area contributed by atoms with Crippen molar-refractivity contribution in [3.05, 3.63) is 80.4 Å². The molecule has 3 N–H and O–H groups in total. The lowest BCUT2D eigenvalue weighted by molar-refractivity contribution is 0.756. The number of nitrogens with one attached hydrogen (secondary N) is 1. The van der Waals surface area contributed by atoms with E-state index in [0.717, 1.165) is 35.5 Å². The minimum absolute atomic E-state index is 0.0158. The average Bonchev–Trinajstić information content (AvgIpc) is 3.07. The SMILES string of the molecule is Cc1c(N)cccc1Cn1ccc(NCCc2cccs2)cc1=O. The van der Waals surface area contributed by atoms with Crippen LogP contribution in [0, 0.1) is 6.92 Å². The summed E-state index contributed by atoms with van der Waals surface area (Å²) in [6.07, 6.45) is 2.79. The highest BCUT2D eigenvalue weighted by molar-refractivity contribution is 7.09. The summed E-state index contributed by atoms with van der Waals surface area (Å²) in [6, 6.07) is 13.6. The lowest BCUT2D eigenvalue weighted by atomic mass is 10.1. The predicted octanol–water partition coefficient (Wildman–Crippen LogP) is 3.50. The maximum atomic E-state index is 12.3. The second-order valence-corrected chi connectivity index (χ2v) is 6.80. The molecular formula is C19H21N3OS. The highest BCUT2D eigenvalue weighted by Crippen LogP contribution is 2.16. The number of rotatable bonds is 6. The Morgan fingerprint density at radius 2 is 2.08 bits per heavy atom. The second kappa shape index (κ2) is 7.36. The molecule has 24 heavy (non-hydrogen) atoms. The number of aromatic nitrogens is 1. The first-order valence-electron chi connectivity index (χ1n) is 7.94. The van der Waals surface area contributed by atoms with Crippen molar-refractivity contribution in [3.8, 4) is 0 Å². The molecule has 4 nitrogen and oxygen atoms in total. The third kappa shape index (κ3) is 3.86. The predicted molar refractivity (Wildman–Crippen MR) is 102 cm³/mol. The van der Waals surface area contributed by atoms with Crippen molar-refractivity contribution in [2.75, 3.05) is 17.6 Å². The monoisotopic (exact) mass is 339 g/mol. The number of benzene rings is 1. The fourth-order valence-electron chi connectivity index (χ4n) is 2.59. The molecule has 0 saturated heterocycles. The lowest BCUT2D eigenvalue weighted by Gasteiger charge is -2.12. The van der Waals surface area contributed by atoms with Gasteiger partial charge in [0.15, 0.2) is 0 Å². The Bertz CT molecular complexity index is 869. The molecule has 0 atom stereocenters. The molecule has 3 aromatic rings. The molecular weight excluding hydrogens is 318 g/mol. The van der Waals surface area contributed by atoms with Crippen LogP contribution in [0.2, 0.25) is 0 Å². The number of anilines is 2. The standard InChI is InChI=1S/C19H21N3OS/c1-14-15(4-2-6-18(14)20)13-22-10-8-16(12-19(22)23)21-9-7-17-5-3-11-24-17/h2-6,8,10-12,21H,7,9,13,20H2,1H3. The summed E-state index contributed by atoms with van der Waals surface area (Å²) in [5.41, 5.74) is 9.63. The molecule has 0 aliphatic heterocycles. The van der Waals surface area contributed by atoms with Crippen LogP contribution < -0.4 is 16.6 Å². The van der Waals surface area contributed by atoms with Gasteiger partial charge in [0.05, 0.1) is 6.54 Å². The van der Waals surface area contributed by atoms with E-state index >= 15 is 0 Å². The molecule has 3 rings (SSSR count). The van der Waals surface area contributed by atoms with Gasteiger partial charge >= 0.3 is 0 Å². The first-order valence-corrected chi connectivity index (χ1v) is 8.82. The molecule has 0 aliphatic carbocycles. The zero-order valence-electron chi connectivity index (χ0n) is 13.7. The van der Waals surface area contributed by atoms with E-state index in [9.17, 15) is 4.79 Å². The molecule has 0 aliphatic rings. The molecule has 0 spiro atoms. The van der Waals surface area contributed by atoms with Crippen molar-refractivity contribution < 1.29 is 0 Å². The van der Waals surface area contributed by atoms with Crippen LogP contribution in [-0.2, 0) is 13.0 Å². The number of hydrogen-bond donors (Lipinski definition) is 2. The molecule has 2 heterocycles. The number of nitrogen functional groups attached to an aromatic ring is 1. The fraction of sp³-hybridized carbons (Fsp3) is 0.211. The van der Waals surface area contributed by atoms with Crippen molar-refractivity contribution in [3.63, 3.8) is 0 Å². The molecule has 1 aromatic carbocycles. The van der Waals surface area contributed by atoms with Crippen LogP contribution in [0.5, 0.6) is 0 Å². The number of nitrogens with zero attached hydrogens (tertiary/aromatic N) is 1. The molecule has 0 radical (unpaired) electrons. The third-order valence-corrected chi connectivity index (χ3v) is 5.04. The van der Waals surface area contributed by atoms with Crippen LogP contribution in [0.3, 0.4) is 0 Å². The van der Waals surface area contributed by atoms with Crippen LogP contribution in [0.15, 0.2) is 58.8 Å². The maximum absolute atomic E-state index is 12.3. The second-order valence-electron chi connectivity index (χ2n) is 5.77. The van der Waals surface area contributed by atoms with Crippen molar-refractivity contribution in [1.29, 1.82) is 0 Å². The average molecular weight is 339 g/mol. The van der Waals surface area contributed by atoms with Gasteiger partial charge in [0.25, 0.3) is 5.56 Å². The summed E-state index contributed by atoms with van der Waals surface area (Å²) in [4.78, 5) is 13.7. The topological polar surface area (TPSA) is 60.0 Å². The normalized spacial score (nSPS) is 10.7. The van der Waals surface area contributed by atoms with Crippen LogP contribution >= 0.6 is 11.3 Å². The van der Waals surface area contributed by atoms with E-state index in [4.69, 9.17) is 5.73 Å². The molecule has 2 aromatic heterocycles. The summed E-state index contributed by atoms with van der Waals surface area (Å²) in [5.74, 6) is 0. The van der Waals surface area contributed by atoms with Gasteiger partial charge in [0.2, 0.25) is 0 Å². The van der Waals surface area contributed by atoms with E-state index in [2.05, 4.69) is 22.8 Å². The highest BCUT2D eigenvalue weighted by atomic mass is 32.1. The number of thiophene rings is 1. The summed E-state index contributed by atoms with van der Waals surface area (Å²) in [6.45, 7) is 3.33. The van der Waals surface area contributed by atoms with E-state index in [-0.39, 0.29) is 5.56 Å². The van der Waals surface area contributed by atoms with Gasteiger partial charge in [-0.1, -0.05) is 18.2 Å². The Balaban J connectivity index is 1.66. The first kappa shape index (κ1) is 16.3. The first-order chi connectivity index (χ1) is 11.6. The number of nitrogens with two attached hydrogens (primary N) is 1. The molecule has 0 saturated carbocycles. The zero-order valence-corrected chi connectivity index (χ0v) is 14.5. The van der Waals surface area contributed by atoms with Crippen LogP contribution in [0.4, 0.5) is 11.4 Å². The van der Waals surface area contributed by atoms with Crippen molar-refractivity contribution in [2.24, 2.45) is 0 Å². The molecule has 0 amide bonds. The lowest BCUT2D eigenvalue weighted by Crippen LogP contribution is -2.20. The minimum Gasteiger partial charge on any atom is -0.399 e. The van der Waals surface area contributed by atoms with Gasteiger partial charge in [-0.05, 0) is 48.1 Å². The molecule has 5 heteroatoms. The number of hydrogen-bond acceptors (Lipinski definition) is 4. The van der Waals surface area contributed by atoms with E-state index in [1.807, 2.05) is 37.4 Å². The molecule has 124 valence electrons. The van der Waals surface area contributed by atoms with Gasteiger partial charge in [0, 0.05) is 35.1 Å². The molecule has 0 unspecified atom stereocenters. The fourth-order valence-corrected chi connectivity index (χ4v) is 3.30. The van der Waals surface area contributed by atoms with Crippen molar-refractivity contribution in [2.45, 2.75) is 19.9 Å². The third-order valence-electron chi connectivity index (χ3n) is 4.11. The van der Waals surface area contributed by atoms with E-state index in [0.29, 0.717) is 6.54 Å². The smallest absolute Gasteiger partial charge is 0.252 e. The minimum atomic E-state index is -0.0158. The van der Waals surface area contributed by atoms with Crippen molar-refractivity contribution in [1.82, 2.24) is 4.57 Å². The maximum Gasteiger partial charge on any atom is 0.252 e. The summed E-state index contributed by atoms with van der Waals surface area (Å²) in [7, 11) is 0. The van der Waals surface area contributed by atoms with Gasteiger partial charge in [0.1, 0.15) is 0 Å². The summed E-state index contributed by atoms with van der Waals surface area (Å²) < 4.78 is 1.70. The zero-order chi connectivity index (χ0) is 16.9. The van der Waals surface area contributed by atoms with Gasteiger partial charge in [-0.15, -0.1) is 11.3 Å². The van der Waals surface area contributed by atoms with E-state index in [1.54, 1.807) is 22.0 Å². The van der Waals surface area contributed by atoms with Crippen molar-refractivity contribution >= 4 is 22.7 Å². The van der Waals surface area contributed by atoms with E-state index < -0.39 is 0 Å². The van der Waals surface area contributed by atoms with Gasteiger partial charge in [-0.2, -0.15) is 0 Å². The largest absolute Gasteiger partial charge is 0.399 e. The van der Waals surface area contributed by atoms with Crippen LogP contribution in [0.1, 0.15) is 16.0 Å². The number of pyridine rings is 1. The Labute approximate surface area is 145 Å². The molecule has 0 fully saturated rings. The van der Waals surface area contributed by atoms with Crippen LogP contribution in [0.25, 0.3) is 0 Å². The van der Waals surface area contributed by atoms with Gasteiger partial charge in [-0.3, -0.25) is 4.79 Å². The van der Waals surface area contributed by atoms with Gasteiger partial charge in [-0.25, -0.2) is 0 Å². The summed E-state index contributed by atoms with van der Waals surface area (Å²) in [5, 5.41) is 5.39. The highest BCUT2D eigenvalue weighted by Gasteiger charge is 2.04. The summed E-state index contributed by atoms with van der Waals surface area (Å²) >= 11 is 1.75. The Hall–Kier alpha value is -2.53. The van der Waals surface area contributed by atoms with Gasteiger partial charge < -0.3 is 15.6 Å². The van der Waals surface area contributed by atoms with Crippen LogP contribution in [-0.4, -0.2) is 11.1 Å². The molecule has 0 bridgehead atoms. The Morgan fingerprint density at radius 3 is 2.83 bits per heavy atom. The van der Waals surface area contributed by atoms with E-state index in [1.165, 1.54) is 4.88 Å².